The van der Waals surface area contributed by atoms with Crippen molar-refractivity contribution in [2.45, 2.75) is 6.92 Å². The first-order valence-electron chi connectivity index (χ1n) is 8.80. The van der Waals surface area contributed by atoms with Gasteiger partial charge in [0.1, 0.15) is 4.32 Å². The molecule has 2 aromatic carbocycles. The van der Waals surface area contributed by atoms with Crippen LogP contribution in [0.25, 0.3) is 6.08 Å². The van der Waals surface area contributed by atoms with E-state index in [4.69, 9.17) is 21.7 Å². The van der Waals surface area contributed by atoms with Crippen LogP contribution in [0.15, 0.2) is 41.3 Å². The number of carbonyl (C=O) groups excluding carboxylic acids is 1. The van der Waals surface area contributed by atoms with Crippen LogP contribution in [-0.2, 0) is 4.79 Å². The highest BCUT2D eigenvalue weighted by atomic mass is 32.2. The van der Waals surface area contributed by atoms with E-state index in [0.29, 0.717) is 21.4 Å². The van der Waals surface area contributed by atoms with Gasteiger partial charge in [0.2, 0.25) is 5.75 Å². The molecule has 0 saturated carbocycles. The van der Waals surface area contributed by atoms with Crippen molar-refractivity contribution in [2.24, 2.45) is 0 Å². The standard InChI is InChI=1S/C19H15N3O7S2/c1-3-28-16-8-11(9-17-18(23)20(2)19(30)31-17)4-6-15(16)29-14-7-5-12(21(24)25)10-13(14)22(26)27/h4-10H,3H2,1-2H3/b17-9-. The van der Waals surface area contributed by atoms with Crippen LogP contribution in [0.4, 0.5) is 11.4 Å². The number of nitro groups is 2. The Balaban J connectivity index is 1.96. The molecule has 1 saturated heterocycles. The zero-order chi connectivity index (χ0) is 22.7. The third-order valence-electron chi connectivity index (χ3n) is 4.12. The van der Waals surface area contributed by atoms with Gasteiger partial charge < -0.3 is 9.47 Å². The molecule has 1 heterocycles. The summed E-state index contributed by atoms with van der Waals surface area (Å²) in [5.74, 6) is 0.0841. The predicted octanol–water partition coefficient (Wildman–Crippen LogP) is 4.53. The number of hydrogen-bond acceptors (Lipinski definition) is 9. The van der Waals surface area contributed by atoms with Gasteiger partial charge in [-0.05, 0) is 36.8 Å². The molecule has 0 aliphatic carbocycles. The van der Waals surface area contributed by atoms with Gasteiger partial charge in [-0.25, -0.2) is 0 Å². The summed E-state index contributed by atoms with van der Waals surface area (Å²) in [5, 5.41) is 22.3. The maximum absolute atomic E-state index is 12.2. The number of rotatable bonds is 7. The first-order chi connectivity index (χ1) is 14.7. The maximum atomic E-state index is 12.2. The van der Waals surface area contributed by atoms with E-state index in [1.807, 2.05) is 0 Å². The Labute approximate surface area is 185 Å². The van der Waals surface area contributed by atoms with Crippen molar-refractivity contribution in [3.8, 4) is 17.2 Å². The van der Waals surface area contributed by atoms with Gasteiger partial charge in [-0.15, -0.1) is 0 Å². The van der Waals surface area contributed by atoms with Crippen LogP contribution in [0.5, 0.6) is 17.2 Å². The summed E-state index contributed by atoms with van der Waals surface area (Å²) >= 11 is 6.30. The van der Waals surface area contributed by atoms with Crippen molar-refractivity contribution in [1.29, 1.82) is 0 Å². The van der Waals surface area contributed by atoms with Gasteiger partial charge in [0.05, 0.1) is 27.4 Å². The summed E-state index contributed by atoms with van der Waals surface area (Å²) in [6.45, 7) is 2.05. The molecule has 31 heavy (non-hydrogen) atoms. The lowest BCUT2D eigenvalue weighted by Gasteiger charge is -2.12. The molecule has 0 radical (unpaired) electrons. The lowest BCUT2D eigenvalue weighted by Crippen LogP contribution is -2.22. The lowest BCUT2D eigenvalue weighted by atomic mass is 10.1. The van der Waals surface area contributed by atoms with Crippen molar-refractivity contribution < 1.29 is 24.1 Å². The van der Waals surface area contributed by atoms with Crippen molar-refractivity contribution in [3.63, 3.8) is 0 Å². The summed E-state index contributed by atoms with van der Waals surface area (Å²) in [6.07, 6.45) is 1.66. The van der Waals surface area contributed by atoms with E-state index in [1.165, 1.54) is 22.7 Å². The van der Waals surface area contributed by atoms with Gasteiger partial charge in [-0.2, -0.15) is 0 Å². The Hall–Kier alpha value is -3.51. The Morgan fingerprint density at radius 1 is 1.10 bits per heavy atom. The number of amides is 1. The van der Waals surface area contributed by atoms with Gasteiger partial charge in [0, 0.05) is 13.1 Å². The smallest absolute Gasteiger partial charge is 0.318 e. The molecule has 1 aliphatic rings. The van der Waals surface area contributed by atoms with E-state index < -0.39 is 21.2 Å². The minimum absolute atomic E-state index is 0.170. The van der Waals surface area contributed by atoms with Crippen LogP contribution in [0.1, 0.15) is 12.5 Å². The molecule has 2 aromatic rings. The summed E-state index contributed by atoms with van der Waals surface area (Å²) in [6, 6.07) is 7.91. The summed E-state index contributed by atoms with van der Waals surface area (Å²) in [4.78, 5) is 34.8. The van der Waals surface area contributed by atoms with Crippen LogP contribution in [-0.4, -0.2) is 38.6 Å². The fraction of sp³-hybridized carbons (Fsp3) is 0.158. The molecule has 160 valence electrons. The van der Waals surface area contributed by atoms with Crippen LogP contribution in [0.2, 0.25) is 0 Å². The Kier molecular flexibility index (Phi) is 6.51. The van der Waals surface area contributed by atoms with E-state index in [-0.39, 0.29) is 23.2 Å². The molecular formula is C19H15N3O7S2. The molecule has 0 aromatic heterocycles. The molecule has 1 amide bonds. The maximum Gasteiger partial charge on any atom is 0.318 e. The second-order valence-electron chi connectivity index (χ2n) is 6.15. The fourth-order valence-corrected chi connectivity index (χ4v) is 3.81. The molecule has 1 aliphatic heterocycles. The number of thiocarbonyl (C=S) groups is 1. The molecule has 0 bridgehead atoms. The molecule has 0 atom stereocenters. The van der Waals surface area contributed by atoms with Crippen LogP contribution < -0.4 is 9.47 Å². The number of nitrogens with zero attached hydrogens (tertiary/aromatic N) is 3. The Morgan fingerprint density at radius 3 is 2.39 bits per heavy atom. The van der Waals surface area contributed by atoms with Gasteiger partial charge in [-0.3, -0.25) is 29.9 Å². The third kappa shape index (κ3) is 4.81. The molecule has 12 heteroatoms. The summed E-state index contributed by atoms with van der Waals surface area (Å²) in [7, 11) is 1.60. The first kappa shape index (κ1) is 22.2. The van der Waals surface area contributed by atoms with Crippen LogP contribution in [0.3, 0.4) is 0 Å². The largest absolute Gasteiger partial charge is 0.490 e. The quantitative estimate of drug-likeness (QED) is 0.253. The predicted molar refractivity (Wildman–Crippen MR) is 118 cm³/mol. The van der Waals surface area contributed by atoms with Gasteiger partial charge >= 0.3 is 5.69 Å². The molecule has 0 unspecified atom stereocenters. The van der Waals surface area contributed by atoms with E-state index in [0.717, 1.165) is 18.2 Å². The number of ether oxygens (including phenoxy) is 2. The van der Waals surface area contributed by atoms with E-state index in [2.05, 4.69) is 0 Å². The normalized spacial score (nSPS) is 14.8. The zero-order valence-corrected chi connectivity index (χ0v) is 17.9. The highest BCUT2D eigenvalue weighted by Gasteiger charge is 2.29. The molecule has 0 spiro atoms. The number of thioether (sulfide) groups is 1. The van der Waals surface area contributed by atoms with E-state index in [1.54, 1.807) is 32.2 Å². The number of likely N-dealkylation sites (N-methyl/N-ethyl adjacent to an activating group) is 1. The average molecular weight is 461 g/mol. The molecule has 0 N–H and O–H groups in total. The Morgan fingerprint density at radius 2 is 1.81 bits per heavy atom. The number of carbonyl (C=O) groups is 1. The molecule has 10 nitrogen and oxygen atoms in total. The number of non-ortho nitro benzene ring substituents is 1. The number of benzene rings is 2. The highest BCUT2D eigenvalue weighted by molar-refractivity contribution is 8.26. The minimum atomic E-state index is -0.760. The fourth-order valence-electron chi connectivity index (χ4n) is 2.63. The topological polar surface area (TPSA) is 125 Å². The molecule has 3 rings (SSSR count). The van der Waals surface area contributed by atoms with Crippen molar-refractivity contribution >= 4 is 51.7 Å². The summed E-state index contributed by atoms with van der Waals surface area (Å²) < 4.78 is 11.7. The van der Waals surface area contributed by atoms with Gasteiger partial charge in [0.15, 0.2) is 11.5 Å². The third-order valence-corrected chi connectivity index (χ3v) is 5.61. The molecular weight excluding hydrogens is 446 g/mol. The van der Waals surface area contributed by atoms with Crippen LogP contribution >= 0.6 is 24.0 Å². The van der Waals surface area contributed by atoms with Gasteiger partial charge in [-0.1, -0.05) is 30.0 Å². The van der Waals surface area contributed by atoms with Crippen molar-refractivity contribution in [1.82, 2.24) is 4.90 Å². The highest BCUT2D eigenvalue weighted by Crippen LogP contribution is 2.39. The monoisotopic (exact) mass is 461 g/mol. The minimum Gasteiger partial charge on any atom is -0.490 e. The average Bonchev–Trinajstić information content (AvgIpc) is 2.96. The Bertz CT molecular complexity index is 1130. The van der Waals surface area contributed by atoms with Gasteiger partial charge in [0.25, 0.3) is 11.6 Å². The molecule has 1 fully saturated rings. The number of nitro benzene ring substituents is 2. The lowest BCUT2D eigenvalue weighted by molar-refractivity contribution is -0.394. The second kappa shape index (κ2) is 9.10. The van der Waals surface area contributed by atoms with E-state index >= 15 is 0 Å². The van der Waals surface area contributed by atoms with E-state index in [9.17, 15) is 25.0 Å². The van der Waals surface area contributed by atoms with Crippen molar-refractivity contribution in [3.05, 3.63) is 67.1 Å². The SMILES string of the molecule is CCOc1cc(/C=C2\SC(=S)N(C)C2=O)ccc1Oc1ccc([N+](=O)[O-])cc1[N+](=O)[O-]. The zero-order valence-electron chi connectivity index (χ0n) is 16.3. The number of hydrogen-bond donors (Lipinski definition) is 0. The van der Waals surface area contributed by atoms with Crippen molar-refractivity contribution in [2.75, 3.05) is 13.7 Å². The summed E-state index contributed by atoms with van der Waals surface area (Å²) in [5.41, 5.74) is -0.331. The van der Waals surface area contributed by atoms with Crippen LogP contribution in [0, 0.1) is 20.2 Å². The first-order valence-corrected chi connectivity index (χ1v) is 10.0. The second-order valence-corrected chi connectivity index (χ2v) is 7.82.